The van der Waals surface area contributed by atoms with Crippen molar-refractivity contribution in [1.29, 1.82) is 0 Å². The second kappa shape index (κ2) is 8.59. The summed E-state index contributed by atoms with van der Waals surface area (Å²) in [5.74, 6) is 1.07. The fourth-order valence-corrected chi connectivity index (χ4v) is 3.20. The van der Waals surface area contributed by atoms with Crippen LogP contribution in [0.15, 0.2) is 78.9 Å². The largest absolute Gasteiger partial charge is 0.508 e. The summed E-state index contributed by atoms with van der Waals surface area (Å²) < 4.78 is 0. The molecule has 0 aromatic heterocycles. The zero-order chi connectivity index (χ0) is 18.4. The summed E-state index contributed by atoms with van der Waals surface area (Å²) in [4.78, 5) is 0. The lowest BCUT2D eigenvalue weighted by atomic mass is 9.87. The van der Waals surface area contributed by atoms with Crippen LogP contribution in [0.4, 0.5) is 0 Å². The van der Waals surface area contributed by atoms with Gasteiger partial charge in [0.25, 0.3) is 0 Å². The Kier molecular flexibility index (Phi) is 5.98. The Balaban J connectivity index is 2.25. The smallest absolute Gasteiger partial charge is 0.115 e. The number of alkyl halides is 1. The number of allylic oxidation sites excluding steroid dienone is 1. The number of rotatable bonds is 6. The van der Waals surface area contributed by atoms with E-state index in [4.69, 9.17) is 11.6 Å². The highest BCUT2D eigenvalue weighted by molar-refractivity contribution is 6.17. The molecular formula is C23H21ClO2. The minimum Gasteiger partial charge on any atom is -0.508 e. The van der Waals surface area contributed by atoms with Gasteiger partial charge in [-0.25, -0.2) is 0 Å². The lowest BCUT2D eigenvalue weighted by Crippen LogP contribution is -1.96. The molecule has 0 spiro atoms. The average molecular weight is 365 g/mol. The Morgan fingerprint density at radius 2 is 1.15 bits per heavy atom. The molecule has 0 aliphatic rings. The van der Waals surface area contributed by atoms with Gasteiger partial charge in [0, 0.05) is 5.88 Å². The van der Waals surface area contributed by atoms with Crippen molar-refractivity contribution in [3.8, 4) is 11.5 Å². The molecule has 0 saturated heterocycles. The Morgan fingerprint density at radius 1 is 0.654 bits per heavy atom. The molecule has 3 rings (SSSR count). The molecule has 3 aromatic carbocycles. The number of aromatic hydroxyl groups is 2. The fourth-order valence-electron chi connectivity index (χ4n) is 3.07. The highest BCUT2D eigenvalue weighted by Gasteiger charge is 2.14. The third-order valence-corrected chi connectivity index (χ3v) is 4.56. The zero-order valence-corrected chi connectivity index (χ0v) is 15.2. The van der Waals surface area contributed by atoms with E-state index in [-0.39, 0.29) is 11.5 Å². The van der Waals surface area contributed by atoms with Gasteiger partial charge in [0.2, 0.25) is 0 Å². The van der Waals surface area contributed by atoms with Crippen LogP contribution in [0, 0.1) is 0 Å². The van der Waals surface area contributed by atoms with Crippen molar-refractivity contribution in [2.75, 3.05) is 5.88 Å². The van der Waals surface area contributed by atoms with Crippen molar-refractivity contribution in [2.24, 2.45) is 0 Å². The number of hydrogen-bond donors (Lipinski definition) is 2. The summed E-state index contributed by atoms with van der Waals surface area (Å²) >= 11 is 5.98. The highest BCUT2D eigenvalue weighted by Crippen LogP contribution is 2.36. The van der Waals surface area contributed by atoms with Gasteiger partial charge in [0.1, 0.15) is 11.5 Å². The van der Waals surface area contributed by atoms with Crippen LogP contribution in [0.2, 0.25) is 0 Å². The van der Waals surface area contributed by atoms with Crippen molar-refractivity contribution in [3.63, 3.8) is 0 Å². The van der Waals surface area contributed by atoms with Gasteiger partial charge in [-0.2, -0.15) is 0 Å². The van der Waals surface area contributed by atoms with Crippen LogP contribution in [0.25, 0.3) is 11.1 Å². The number of phenols is 2. The van der Waals surface area contributed by atoms with Gasteiger partial charge in [0.05, 0.1) is 0 Å². The molecule has 0 aliphatic carbocycles. The van der Waals surface area contributed by atoms with Crippen molar-refractivity contribution < 1.29 is 10.2 Å². The Bertz CT molecular complexity index is 819. The van der Waals surface area contributed by atoms with Crippen LogP contribution in [-0.2, 0) is 0 Å². The van der Waals surface area contributed by atoms with E-state index in [0.717, 1.165) is 35.1 Å². The zero-order valence-electron chi connectivity index (χ0n) is 14.4. The van der Waals surface area contributed by atoms with E-state index in [1.54, 1.807) is 24.3 Å². The standard InChI is InChI=1S/C23H21ClO2/c24-16-4-7-22(17-5-2-1-3-6-17)23(18-8-12-20(25)13-9-18)19-10-14-21(26)15-11-19/h1-3,5-6,8-15,25-26H,4,7,16H2. The Hall–Kier alpha value is -2.71. The molecule has 2 N–H and O–H groups in total. The lowest BCUT2D eigenvalue weighted by Gasteiger charge is -2.17. The fraction of sp³-hybridized carbons (Fsp3) is 0.130. The first-order chi connectivity index (χ1) is 12.7. The number of halogens is 1. The van der Waals surface area contributed by atoms with Gasteiger partial charge in [0.15, 0.2) is 0 Å². The molecule has 0 bridgehead atoms. The minimum atomic E-state index is 0.237. The molecule has 0 heterocycles. The molecule has 0 amide bonds. The molecule has 0 radical (unpaired) electrons. The molecular weight excluding hydrogens is 344 g/mol. The lowest BCUT2D eigenvalue weighted by molar-refractivity contribution is 0.475. The molecule has 0 saturated carbocycles. The van der Waals surface area contributed by atoms with E-state index < -0.39 is 0 Å². The topological polar surface area (TPSA) is 40.5 Å². The molecule has 0 atom stereocenters. The quantitative estimate of drug-likeness (QED) is 0.411. The van der Waals surface area contributed by atoms with E-state index >= 15 is 0 Å². The van der Waals surface area contributed by atoms with E-state index in [1.807, 2.05) is 42.5 Å². The molecule has 0 unspecified atom stereocenters. The van der Waals surface area contributed by atoms with Crippen LogP contribution in [-0.4, -0.2) is 16.1 Å². The monoisotopic (exact) mass is 364 g/mol. The summed E-state index contributed by atoms with van der Waals surface area (Å²) in [6, 6.07) is 24.7. The summed E-state index contributed by atoms with van der Waals surface area (Å²) in [5.41, 5.74) is 5.46. The van der Waals surface area contributed by atoms with Crippen molar-refractivity contribution in [2.45, 2.75) is 12.8 Å². The number of phenolic OH excluding ortho intramolecular Hbond substituents is 2. The van der Waals surface area contributed by atoms with Crippen LogP contribution < -0.4 is 0 Å². The molecule has 3 aromatic rings. The van der Waals surface area contributed by atoms with E-state index in [2.05, 4.69) is 12.1 Å². The predicted molar refractivity (Wildman–Crippen MR) is 109 cm³/mol. The van der Waals surface area contributed by atoms with Crippen LogP contribution >= 0.6 is 11.6 Å². The first-order valence-corrected chi connectivity index (χ1v) is 9.16. The van der Waals surface area contributed by atoms with E-state index in [1.165, 1.54) is 5.57 Å². The SMILES string of the molecule is Oc1ccc(C(=C(CCCCl)c2ccccc2)c2ccc(O)cc2)cc1. The minimum absolute atomic E-state index is 0.237. The predicted octanol–water partition coefficient (Wildman–Crippen LogP) is 6.08. The second-order valence-electron chi connectivity index (χ2n) is 6.11. The van der Waals surface area contributed by atoms with Gasteiger partial charge in [-0.05, 0) is 64.9 Å². The maximum Gasteiger partial charge on any atom is 0.115 e. The normalized spacial score (nSPS) is 10.5. The third-order valence-electron chi connectivity index (χ3n) is 4.30. The highest BCUT2D eigenvalue weighted by atomic mass is 35.5. The van der Waals surface area contributed by atoms with Gasteiger partial charge < -0.3 is 10.2 Å². The van der Waals surface area contributed by atoms with Crippen LogP contribution in [0.5, 0.6) is 11.5 Å². The second-order valence-corrected chi connectivity index (χ2v) is 6.48. The van der Waals surface area contributed by atoms with Gasteiger partial charge in [-0.1, -0.05) is 54.6 Å². The first kappa shape index (κ1) is 18.1. The van der Waals surface area contributed by atoms with Crippen molar-refractivity contribution >= 4 is 22.7 Å². The molecule has 132 valence electrons. The summed E-state index contributed by atoms with van der Waals surface area (Å²) in [6.07, 6.45) is 1.70. The molecule has 3 heteroatoms. The van der Waals surface area contributed by atoms with E-state index in [0.29, 0.717) is 5.88 Å². The molecule has 26 heavy (non-hydrogen) atoms. The summed E-state index contributed by atoms with van der Waals surface area (Å²) in [5, 5.41) is 19.4. The van der Waals surface area contributed by atoms with Gasteiger partial charge >= 0.3 is 0 Å². The van der Waals surface area contributed by atoms with Crippen LogP contribution in [0.3, 0.4) is 0 Å². The van der Waals surface area contributed by atoms with Crippen LogP contribution in [0.1, 0.15) is 29.5 Å². The Morgan fingerprint density at radius 3 is 1.62 bits per heavy atom. The third kappa shape index (κ3) is 4.27. The van der Waals surface area contributed by atoms with E-state index in [9.17, 15) is 10.2 Å². The number of benzene rings is 3. The molecule has 2 nitrogen and oxygen atoms in total. The summed E-state index contributed by atoms with van der Waals surface area (Å²) in [6.45, 7) is 0. The number of hydrogen-bond acceptors (Lipinski definition) is 2. The van der Waals surface area contributed by atoms with Crippen molar-refractivity contribution in [3.05, 3.63) is 95.6 Å². The van der Waals surface area contributed by atoms with Gasteiger partial charge in [-0.15, -0.1) is 11.6 Å². The Labute approximate surface area is 159 Å². The maximum absolute atomic E-state index is 9.68. The average Bonchev–Trinajstić information content (AvgIpc) is 2.68. The van der Waals surface area contributed by atoms with Gasteiger partial charge in [-0.3, -0.25) is 0 Å². The molecule has 0 fully saturated rings. The molecule has 0 aliphatic heterocycles. The maximum atomic E-state index is 9.68. The van der Waals surface area contributed by atoms with Crippen molar-refractivity contribution in [1.82, 2.24) is 0 Å². The summed E-state index contributed by atoms with van der Waals surface area (Å²) in [7, 11) is 0. The first-order valence-electron chi connectivity index (χ1n) is 8.62.